The molecule has 2 aliphatic rings. The molecule has 0 saturated carbocycles. The first-order chi connectivity index (χ1) is 24.3. The van der Waals surface area contributed by atoms with E-state index in [0.717, 1.165) is 17.0 Å². The van der Waals surface area contributed by atoms with Crippen molar-refractivity contribution in [1.82, 2.24) is 4.90 Å². The van der Waals surface area contributed by atoms with Gasteiger partial charge in [-0.1, -0.05) is 24.3 Å². The second-order valence-corrected chi connectivity index (χ2v) is 12.1. The Hall–Kier alpha value is -2.76. The van der Waals surface area contributed by atoms with Crippen molar-refractivity contribution >= 4 is 29.1 Å². The molecule has 4 rings (SSSR count). The molecule has 2 heterocycles. The van der Waals surface area contributed by atoms with Crippen molar-refractivity contribution in [3.63, 3.8) is 0 Å². The predicted octanol–water partition coefficient (Wildman–Crippen LogP) is -0.280. The first kappa shape index (κ1) is 42.7. The molecule has 0 radical (unpaired) electrons. The Morgan fingerprint density at radius 2 is 1.24 bits per heavy atom. The molecule has 0 bridgehead atoms. The van der Waals surface area contributed by atoms with Crippen molar-refractivity contribution in [2.24, 2.45) is 0 Å². The average Bonchev–Trinajstić information content (AvgIpc) is 3.31. The van der Waals surface area contributed by atoms with Gasteiger partial charge in [0.2, 0.25) is 12.2 Å². The minimum atomic E-state index is -0.531. The van der Waals surface area contributed by atoms with Crippen LogP contribution >= 0.6 is 0 Å². The Morgan fingerprint density at radius 3 is 1.73 bits per heavy atom. The van der Waals surface area contributed by atoms with Crippen LogP contribution in [0.2, 0.25) is 0 Å². The molecule has 15 heteroatoms. The first-order valence-corrected chi connectivity index (χ1v) is 17.0. The van der Waals surface area contributed by atoms with Crippen LogP contribution in [0.4, 0.5) is 11.4 Å². The SMILES string of the molecule is CC1(C)C(/C=C/c2cc([N+](=O)[O-])ccc2[O-])=[N+](CC(=O)N2CCOCCOCCOCCOCCOCCOCCOCC2)c2ccccc21.[Na+]. The van der Waals surface area contributed by atoms with Crippen molar-refractivity contribution in [3.8, 4) is 5.75 Å². The maximum Gasteiger partial charge on any atom is 1.00 e. The summed E-state index contributed by atoms with van der Waals surface area (Å²) in [5.74, 6) is -0.468. The maximum atomic E-state index is 14.0. The maximum absolute atomic E-state index is 14.0. The van der Waals surface area contributed by atoms with Gasteiger partial charge in [-0.05, 0) is 25.5 Å². The summed E-state index contributed by atoms with van der Waals surface area (Å²) in [7, 11) is 0. The smallest absolute Gasteiger partial charge is 0.872 e. The summed E-state index contributed by atoms with van der Waals surface area (Å²) in [6, 6.07) is 11.5. The van der Waals surface area contributed by atoms with E-state index in [4.69, 9.17) is 33.2 Å². The van der Waals surface area contributed by atoms with Gasteiger partial charge in [-0.3, -0.25) is 14.9 Å². The second-order valence-electron chi connectivity index (χ2n) is 12.1. The normalized spacial score (nSPS) is 19.5. The van der Waals surface area contributed by atoms with Crippen LogP contribution in [0.3, 0.4) is 0 Å². The Labute approximate surface area is 321 Å². The third kappa shape index (κ3) is 13.6. The quantitative estimate of drug-likeness (QED) is 0.173. The summed E-state index contributed by atoms with van der Waals surface area (Å²) >= 11 is 0. The van der Waals surface area contributed by atoms with Gasteiger partial charge in [0.1, 0.15) is 0 Å². The standard InChI is InChI=1S/C36H49N3O11.Na/c1-36(2)31-5-3-4-6-32(31)38(34(36)10-7-29-27-30(39(42)43)8-9-33(29)40)28-35(41)37-11-13-44-15-17-46-19-21-48-23-25-50-26-24-49-22-20-47-18-16-45-14-12-37;/h3-10,27H,11-26,28H2,1-2H3;/q;+1. The van der Waals surface area contributed by atoms with E-state index in [2.05, 4.69) is 0 Å². The van der Waals surface area contributed by atoms with E-state index in [1.54, 1.807) is 17.1 Å². The van der Waals surface area contributed by atoms with Gasteiger partial charge in [0.15, 0.2) is 5.71 Å². The first-order valence-electron chi connectivity index (χ1n) is 17.0. The minimum absolute atomic E-state index is 0. The third-order valence-electron chi connectivity index (χ3n) is 8.31. The molecule has 1 fully saturated rings. The summed E-state index contributed by atoms with van der Waals surface area (Å²) < 4.78 is 41.2. The van der Waals surface area contributed by atoms with E-state index >= 15 is 0 Å². The van der Waals surface area contributed by atoms with E-state index in [0.29, 0.717) is 106 Å². The van der Waals surface area contributed by atoms with Gasteiger partial charge < -0.3 is 43.2 Å². The summed E-state index contributed by atoms with van der Waals surface area (Å²) in [5.41, 5.74) is 2.18. The molecule has 0 atom stereocenters. The molecular formula is C36H49N3NaO11+. The molecule has 0 spiro atoms. The molecule has 14 nitrogen and oxygen atoms in total. The van der Waals surface area contributed by atoms with Gasteiger partial charge >= 0.3 is 29.6 Å². The number of ether oxygens (including phenoxy) is 7. The molecule has 274 valence electrons. The number of rotatable bonds is 5. The van der Waals surface area contributed by atoms with Gasteiger partial charge in [0.25, 0.3) is 11.6 Å². The van der Waals surface area contributed by atoms with E-state index in [-0.39, 0.29) is 59.0 Å². The largest absolute Gasteiger partial charge is 1.00 e. The zero-order chi connectivity index (χ0) is 35.6. The Bertz CT molecular complexity index is 1430. The summed E-state index contributed by atoms with van der Waals surface area (Å²) in [6.45, 7) is 10.7. The number of hydrogen-bond donors (Lipinski definition) is 0. The molecule has 51 heavy (non-hydrogen) atoms. The molecule has 2 aromatic rings. The number of amides is 1. The van der Waals surface area contributed by atoms with E-state index < -0.39 is 10.3 Å². The molecule has 2 aromatic carbocycles. The monoisotopic (exact) mass is 722 g/mol. The summed E-state index contributed by atoms with van der Waals surface area (Å²) in [6.07, 6.45) is 3.36. The molecule has 0 aromatic heterocycles. The van der Waals surface area contributed by atoms with Crippen LogP contribution < -0.4 is 34.7 Å². The fourth-order valence-corrected chi connectivity index (χ4v) is 5.63. The minimum Gasteiger partial charge on any atom is -0.872 e. The van der Waals surface area contributed by atoms with Crippen LogP contribution in [-0.4, -0.2) is 138 Å². The molecule has 1 amide bonds. The summed E-state index contributed by atoms with van der Waals surface area (Å²) in [4.78, 5) is 26.5. The Morgan fingerprint density at radius 1 is 0.765 bits per heavy atom. The van der Waals surface area contributed by atoms with Crippen LogP contribution in [0.15, 0.2) is 48.5 Å². The zero-order valence-electron chi connectivity index (χ0n) is 30.0. The summed E-state index contributed by atoms with van der Waals surface area (Å²) in [5, 5.41) is 23.9. The molecule has 0 aliphatic carbocycles. The second kappa shape index (κ2) is 23.0. The predicted molar refractivity (Wildman–Crippen MR) is 183 cm³/mol. The number of hydrogen-bond acceptors (Lipinski definition) is 11. The van der Waals surface area contributed by atoms with Gasteiger partial charge in [0.05, 0.1) is 103 Å². The number of fused-ring (bicyclic) bond motifs is 1. The molecular weight excluding hydrogens is 673 g/mol. The van der Waals surface area contributed by atoms with Crippen molar-refractivity contribution in [1.29, 1.82) is 0 Å². The molecule has 0 N–H and O–H groups in total. The molecule has 0 unspecified atom stereocenters. The van der Waals surface area contributed by atoms with Gasteiger partial charge in [-0.25, -0.2) is 0 Å². The number of carbonyl (C=O) groups excluding carboxylic acids is 1. The van der Waals surface area contributed by atoms with Crippen LogP contribution in [-0.2, 0) is 43.4 Å². The van der Waals surface area contributed by atoms with Crippen LogP contribution in [0.5, 0.6) is 5.75 Å². The topological polar surface area (TPSA) is 154 Å². The number of allylic oxidation sites excluding steroid dienone is 1. The van der Waals surface area contributed by atoms with E-state index in [1.807, 2.05) is 42.7 Å². The number of para-hydroxylation sites is 1. The number of benzene rings is 2. The Balaban J connectivity index is 0.00000702. The van der Waals surface area contributed by atoms with Crippen LogP contribution in [0, 0.1) is 10.1 Å². The number of nitro groups is 1. The van der Waals surface area contributed by atoms with Gasteiger partial charge in [-0.15, -0.1) is 5.75 Å². The van der Waals surface area contributed by atoms with Gasteiger partial charge in [-0.2, -0.15) is 4.58 Å². The Kier molecular flexibility index (Phi) is 19.3. The van der Waals surface area contributed by atoms with E-state index in [1.165, 1.54) is 18.2 Å². The van der Waals surface area contributed by atoms with Crippen molar-refractivity contribution in [3.05, 3.63) is 69.8 Å². The van der Waals surface area contributed by atoms with Gasteiger partial charge in [0, 0.05) is 42.9 Å². The molecule has 1 saturated heterocycles. The number of nitro benzene ring substituents is 1. The third-order valence-corrected chi connectivity index (χ3v) is 8.31. The number of non-ortho nitro benzene ring substituents is 1. The molecule has 2 aliphatic heterocycles. The fourth-order valence-electron chi connectivity index (χ4n) is 5.63. The van der Waals surface area contributed by atoms with Crippen LogP contribution in [0.1, 0.15) is 25.0 Å². The van der Waals surface area contributed by atoms with Crippen molar-refractivity contribution < 1.29 is 82.1 Å². The zero-order valence-corrected chi connectivity index (χ0v) is 32.0. The van der Waals surface area contributed by atoms with Crippen LogP contribution in [0.25, 0.3) is 6.08 Å². The van der Waals surface area contributed by atoms with Crippen molar-refractivity contribution in [2.45, 2.75) is 19.3 Å². The fraction of sp³-hybridized carbons (Fsp3) is 0.556. The average molecular weight is 723 g/mol. The number of nitrogens with zero attached hydrogens (tertiary/aromatic N) is 3. The van der Waals surface area contributed by atoms with E-state index in [9.17, 15) is 20.0 Å². The number of carbonyl (C=O) groups is 1. The van der Waals surface area contributed by atoms with Crippen molar-refractivity contribution in [2.75, 3.05) is 112 Å².